The molecule has 274 valence electrons. The van der Waals surface area contributed by atoms with Crippen LogP contribution in [0.15, 0.2) is 186 Å². The molecule has 13 aromatic rings. The smallest absolute Gasteiger partial charge is 0.166 e. The van der Waals surface area contributed by atoms with Crippen molar-refractivity contribution in [1.29, 1.82) is 0 Å². The van der Waals surface area contributed by atoms with E-state index in [0.29, 0.717) is 17.5 Å². The fourth-order valence-electron chi connectivity index (χ4n) is 9.04. The molecule has 0 bridgehead atoms. The Kier molecular flexibility index (Phi) is 6.82. The summed E-state index contributed by atoms with van der Waals surface area (Å²) >= 11 is 1.78. The summed E-state index contributed by atoms with van der Waals surface area (Å²) in [4.78, 5) is 16.2. The highest BCUT2D eigenvalue weighted by Crippen LogP contribution is 2.43. The van der Waals surface area contributed by atoms with Crippen molar-refractivity contribution in [2.45, 2.75) is 0 Å². The van der Waals surface area contributed by atoms with Crippen LogP contribution in [-0.4, -0.2) is 19.5 Å². The van der Waals surface area contributed by atoms with Gasteiger partial charge in [-0.05, 0) is 76.1 Å². The number of furan rings is 1. The van der Waals surface area contributed by atoms with Crippen molar-refractivity contribution in [2.75, 3.05) is 0 Å². The van der Waals surface area contributed by atoms with Crippen LogP contribution in [0.25, 0.3) is 125 Å². The van der Waals surface area contributed by atoms with Crippen LogP contribution in [0.3, 0.4) is 0 Å². The zero-order valence-corrected chi connectivity index (χ0v) is 32.2. The predicted molar refractivity (Wildman–Crippen MR) is 246 cm³/mol. The summed E-state index contributed by atoms with van der Waals surface area (Å²) in [5.41, 5.74) is 7.53. The van der Waals surface area contributed by atoms with E-state index in [-0.39, 0.29) is 0 Å². The van der Waals surface area contributed by atoms with Gasteiger partial charge in [0.1, 0.15) is 11.2 Å². The van der Waals surface area contributed by atoms with E-state index in [0.717, 1.165) is 70.8 Å². The van der Waals surface area contributed by atoms with Gasteiger partial charge in [-0.3, -0.25) is 0 Å². The minimum Gasteiger partial charge on any atom is -0.456 e. The van der Waals surface area contributed by atoms with Gasteiger partial charge in [0.2, 0.25) is 0 Å². The van der Waals surface area contributed by atoms with Gasteiger partial charge >= 0.3 is 0 Å². The summed E-state index contributed by atoms with van der Waals surface area (Å²) in [5.74, 6) is 1.80. The number of rotatable bonds is 4. The topological polar surface area (TPSA) is 56.7 Å². The van der Waals surface area contributed by atoms with Gasteiger partial charge in [0.25, 0.3) is 0 Å². The van der Waals surface area contributed by atoms with Crippen LogP contribution in [0.2, 0.25) is 0 Å². The summed E-state index contributed by atoms with van der Waals surface area (Å²) in [6.07, 6.45) is 0. The molecule has 0 saturated heterocycles. The van der Waals surface area contributed by atoms with Gasteiger partial charge < -0.3 is 8.98 Å². The largest absolute Gasteiger partial charge is 0.456 e. The molecule has 5 nitrogen and oxygen atoms in total. The Balaban J connectivity index is 1.16. The molecule has 0 radical (unpaired) electrons. The van der Waals surface area contributed by atoms with E-state index in [2.05, 4.69) is 174 Å². The van der Waals surface area contributed by atoms with Crippen molar-refractivity contribution in [3.8, 4) is 39.9 Å². The molecule has 0 aliphatic heterocycles. The molecule has 0 unspecified atom stereocenters. The normalized spacial score (nSPS) is 12.1. The van der Waals surface area contributed by atoms with Crippen molar-refractivity contribution in [1.82, 2.24) is 19.5 Å². The zero-order valence-electron chi connectivity index (χ0n) is 31.4. The number of benzene rings is 9. The highest BCUT2D eigenvalue weighted by Gasteiger charge is 2.23. The molecule has 0 amide bonds. The number of para-hydroxylation sites is 2. The van der Waals surface area contributed by atoms with Gasteiger partial charge in [0.15, 0.2) is 17.5 Å². The number of fused-ring (bicyclic) bond motifs is 11. The Labute approximate surface area is 341 Å². The Morgan fingerprint density at radius 2 is 1.05 bits per heavy atom. The Morgan fingerprint density at radius 1 is 0.390 bits per heavy atom. The van der Waals surface area contributed by atoms with Crippen LogP contribution in [0.5, 0.6) is 0 Å². The maximum absolute atomic E-state index is 6.61. The summed E-state index contributed by atoms with van der Waals surface area (Å²) in [7, 11) is 0. The average Bonchev–Trinajstić information content (AvgIpc) is 3.96. The van der Waals surface area contributed by atoms with Crippen molar-refractivity contribution in [2.24, 2.45) is 0 Å². The quantitative estimate of drug-likeness (QED) is 0.179. The molecule has 6 heteroatoms. The van der Waals surface area contributed by atoms with Crippen LogP contribution in [0.4, 0.5) is 0 Å². The lowest BCUT2D eigenvalue weighted by Crippen LogP contribution is -2.04. The highest BCUT2D eigenvalue weighted by molar-refractivity contribution is 7.26. The highest BCUT2D eigenvalue weighted by atomic mass is 32.1. The van der Waals surface area contributed by atoms with E-state index in [1.165, 1.54) is 37.0 Å². The first-order valence-electron chi connectivity index (χ1n) is 19.8. The second kappa shape index (κ2) is 12.4. The second-order valence-corrected chi connectivity index (χ2v) is 16.2. The number of hydrogen-bond donors (Lipinski definition) is 0. The van der Waals surface area contributed by atoms with E-state index in [4.69, 9.17) is 19.4 Å². The third-order valence-corrected chi connectivity index (χ3v) is 13.0. The third kappa shape index (κ3) is 4.94. The Hall–Kier alpha value is -7.67. The molecule has 0 aliphatic carbocycles. The van der Waals surface area contributed by atoms with Crippen LogP contribution >= 0.6 is 11.3 Å². The standard InChI is InChI=1S/C53H30N4OS/c1-2-13-32-26-35(25-24-31(32)12-1)51-54-52(40-20-11-19-39-38-18-7-10-23-49(38)59-50(39)40)56-53(55-51)43-30-48-42(37-17-6-9-22-47(37)58-48)29-46(43)57-44-21-8-5-16-36(44)41-27-33-14-3-4-15-34(33)28-45(41)57/h1-30H. The zero-order chi connectivity index (χ0) is 38.6. The van der Waals surface area contributed by atoms with Crippen molar-refractivity contribution in [3.63, 3.8) is 0 Å². The van der Waals surface area contributed by atoms with E-state index in [1.54, 1.807) is 11.3 Å². The van der Waals surface area contributed by atoms with E-state index >= 15 is 0 Å². The molecule has 13 rings (SSSR count). The van der Waals surface area contributed by atoms with Crippen LogP contribution in [0, 0.1) is 0 Å². The van der Waals surface area contributed by atoms with Crippen molar-refractivity contribution >= 4 is 96.8 Å². The van der Waals surface area contributed by atoms with Gasteiger partial charge in [-0.2, -0.15) is 0 Å². The molecule has 0 saturated carbocycles. The minimum atomic E-state index is 0.570. The molecular weight excluding hydrogens is 741 g/mol. The molecule has 4 heterocycles. The lowest BCUT2D eigenvalue weighted by Gasteiger charge is -2.15. The van der Waals surface area contributed by atoms with Gasteiger partial charge in [-0.25, -0.2) is 15.0 Å². The fourth-order valence-corrected chi connectivity index (χ4v) is 10.2. The van der Waals surface area contributed by atoms with E-state index in [1.807, 2.05) is 12.1 Å². The lowest BCUT2D eigenvalue weighted by molar-refractivity contribution is 0.669. The maximum Gasteiger partial charge on any atom is 0.166 e. The van der Waals surface area contributed by atoms with Gasteiger partial charge in [0, 0.05) is 58.4 Å². The summed E-state index contributed by atoms with van der Waals surface area (Å²) in [6.45, 7) is 0. The molecule has 4 aromatic heterocycles. The summed E-state index contributed by atoms with van der Waals surface area (Å²) in [5, 5.41) is 11.6. The molecule has 0 fully saturated rings. The molecule has 0 aliphatic rings. The number of aromatic nitrogens is 4. The number of hydrogen-bond acceptors (Lipinski definition) is 5. The lowest BCUT2D eigenvalue weighted by atomic mass is 10.0. The van der Waals surface area contributed by atoms with Crippen LogP contribution in [-0.2, 0) is 0 Å². The van der Waals surface area contributed by atoms with E-state index < -0.39 is 0 Å². The third-order valence-electron chi connectivity index (χ3n) is 11.8. The van der Waals surface area contributed by atoms with E-state index in [9.17, 15) is 0 Å². The van der Waals surface area contributed by atoms with Gasteiger partial charge in [-0.15, -0.1) is 11.3 Å². The first-order valence-corrected chi connectivity index (χ1v) is 20.6. The average molecular weight is 771 g/mol. The first-order chi connectivity index (χ1) is 29.2. The molecular formula is C53H30N4OS. The van der Waals surface area contributed by atoms with Gasteiger partial charge in [-0.1, -0.05) is 127 Å². The monoisotopic (exact) mass is 770 g/mol. The van der Waals surface area contributed by atoms with Crippen LogP contribution in [0.1, 0.15) is 0 Å². The molecule has 9 aromatic carbocycles. The summed E-state index contributed by atoms with van der Waals surface area (Å²) < 4.78 is 11.4. The van der Waals surface area contributed by atoms with Gasteiger partial charge in [0.05, 0.1) is 16.7 Å². The molecule has 0 spiro atoms. The Bertz CT molecular complexity index is 3870. The number of thiophene rings is 1. The molecule has 0 N–H and O–H groups in total. The van der Waals surface area contributed by atoms with Crippen molar-refractivity contribution < 1.29 is 4.42 Å². The predicted octanol–water partition coefficient (Wildman–Crippen LogP) is 14.5. The summed E-state index contributed by atoms with van der Waals surface area (Å²) in [6, 6.07) is 64.5. The van der Waals surface area contributed by atoms with Crippen molar-refractivity contribution in [3.05, 3.63) is 182 Å². The molecule has 59 heavy (non-hydrogen) atoms. The minimum absolute atomic E-state index is 0.570. The fraction of sp³-hybridized carbons (Fsp3) is 0. The molecule has 0 atom stereocenters. The Morgan fingerprint density at radius 3 is 1.92 bits per heavy atom. The second-order valence-electron chi connectivity index (χ2n) is 15.2. The van der Waals surface area contributed by atoms with Crippen LogP contribution < -0.4 is 0 Å². The number of nitrogens with zero attached hydrogens (tertiary/aromatic N) is 4. The maximum atomic E-state index is 6.61. The SMILES string of the molecule is c1ccc2cc(-c3nc(-c4cc5oc6ccccc6c5cc4-n4c5ccccc5c5cc6ccccc6cc54)nc(-c4cccc5c4sc4ccccc45)n3)ccc2c1. The first kappa shape index (κ1) is 32.4.